The Labute approximate surface area is 156 Å². The van der Waals surface area contributed by atoms with Gasteiger partial charge in [-0.1, -0.05) is 29.6 Å². The Bertz CT molecular complexity index is 656. The van der Waals surface area contributed by atoms with E-state index in [9.17, 15) is 0 Å². The van der Waals surface area contributed by atoms with Gasteiger partial charge in [-0.15, -0.1) is 9.77 Å². The lowest BCUT2D eigenvalue weighted by Gasteiger charge is -2.22. The van der Waals surface area contributed by atoms with Gasteiger partial charge < -0.3 is 0 Å². The Hall–Kier alpha value is -0.440. The normalized spacial score (nSPS) is 26.5. The van der Waals surface area contributed by atoms with Gasteiger partial charge in [-0.25, -0.2) is 8.57 Å². The molecule has 0 bridgehead atoms. The summed E-state index contributed by atoms with van der Waals surface area (Å²) in [6.07, 6.45) is 4.23. The van der Waals surface area contributed by atoms with Crippen LogP contribution in [0.3, 0.4) is 0 Å². The van der Waals surface area contributed by atoms with Crippen LogP contribution in [-0.2, 0) is 8.57 Å². The third-order valence-corrected chi connectivity index (χ3v) is 8.59. The summed E-state index contributed by atoms with van der Waals surface area (Å²) < 4.78 is 10.4. The topological polar surface area (TPSA) is 68.9 Å². The Morgan fingerprint density at radius 3 is 1.62 bits per heavy atom. The maximum absolute atomic E-state index is 5.88. The lowest BCUT2D eigenvalue weighted by molar-refractivity contribution is 0.459. The fourth-order valence-electron chi connectivity index (χ4n) is 2.41. The van der Waals surface area contributed by atoms with Crippen LogP contribution in [-0.4, -0.2) is 5.25 Å². The first kappa shape index (κ1) is 17.0. The minimum Gasteiger partial charge on any atom is -0.230 e. The van der Waals surface area contributed by atoms with Crippen LogP contribution in [0.25, 0.3) is 0 Å². The fraction of sp³-hybridized carbons (Fsp3) is 0.250. The number of hydrogen-bond acceptors (Lipinski definition) is 4. The Morgan fingerprint density at radius 2 is 1.38 bits per heavy atom. The molecule has 0 radical (unpaired) electrons. The lowest BCUT2D eigenvalue weighted by atomic mass is 10.0. The summed E-state index contributed by atoms with van der Waals surface area (Å²) >= 11 is 11.7. The summed E-state index contributed by atoms with van der Waals surface area (Å²) in [5.74, 6) is 0. The van der Waals surface area contributed by atoms with Gasteiger partial charge in [0.05, 0.1) is 0 Å². The van der Waals surface area contributed by atoms with Crippen molar-refractivity contribution in [2.45, 2.75) is 34.3 Å². The highest BCUT2D eigenvalue weighted by atomic mass is 35.5. The molecule has 2 N–H and O–H groups in total. The zero-order valence-corrected chi connectivity index (χ0v) is 16.0. The molecule has 1 aliphatic carbocycles. The highest BCUT2D eigenvalue weighted by Gasteiger charge is 2.43. The van der Waals surface area contributed by atoms with Crippen LogP contribution in [0.1, 0.15) is 19.3 Å². The highest BCUT2D eigenvalue weighted by molar-refractivity contribution is 8.32. The minimum atomic E-state index is -1.49. The number of thiol groups is 1. The molecule has 1 saturated carbocycles. The molecule has 0 spiro atoms. The van der Waals surface area contributed by atoms with Crippen LogP contribution in [0.2, 0.25) is 10.0 Å². The molecule has 1 unspecified atom stereocenters. The first-order chi connectivity index (χ1) is 11.7. The van der Waals surface area contributed by atoms with Crippen molar-refractivity contribution in [1.29, 1.82) is 0 Å². The van der Waals surface area contributed by atoms with Crippen LogP contribution < -0.4 is 9.77 Å². The van der Waals surface area contributed by atoms with Crippen molar-refractivity contribution in [2.75, 3.05) is 0 Å². The van der Waals surface area contributed by atoms with E-state index < -0.39 is 10.5 Å². The number of nitrogens with one attached hydrogen (secondary N) is 2. The molecule has 2 heterocycles. The third-order valence-electron chi connectivity index (χ3n) is 4.14. The van der Waals surface area contributed by atoms with E-state index in [1.54, 1.807) is 0 Å². The van der Waals surface area contributed by atoms with Crippen molar-refractivity contribution in [3.8, 4) is 0 Å². The Kier molecular flexibility index (Phi) is 5.00. The smallest absolute Gasteiger partial charge is 0.0406 e. The van der Waals surface area contributed by atoms with Gasteiger partial charge in [0.2, 0.25) is 0 Å². The molecule has 2 saturated heterocycles. The number of benzene rings is 2. The summed E-state index contributed by atoms with van der Waals surface area (Å²) in [4.78, 5) is 8.12. The molecule has 0 amide bonds. The van der Waals surface area contributed by atoms with Gasteiger partial charge in [0, 0.05) is 35.6 Å². The molecule has 130 valence electrons. The molecule has 8 heteroatoms. The van der Waals surface area contributed by atoms with Gasteiger partial charge in [-0.3, -0.25) is 0 Å². The average molecular weight is 405 g/mol. The first-order valence-electron chi connectivity index (χ1n) is 7.69. The second-order valence-electron chi connectivity index (χ2n) is 5.72. The van der Waals surface area contributed by atoms with Crippen LogP contribution in [0, 0.1) is 0 Å². The van der Waals surface area contributed by atoms with Gasteiger partial charge in [-0.2, -0.15) is 0 Å². The van der Waals surface area contributed by atoms with E-state index in [4.69, 9.17) is 31.8 Å². The fourth-order valence-corrected chi connectivity index (χ4v) is 5.95. The van der Waals surface area contributed by atoms with Crippen LogP contribution in [0.5, 0.6) is 0 Å². The van der Waals surface area contributed by atoms with Crippen molar-refractivity contribution in [1.82, 2.24) is 9.77 Å². The number of rotatable bonds is 3. The van der Waals surface area contributed by atoms with E-state index in [1.165, 1.54) is 19.3 Å². The van der Waals surface area contributed by atoms with Gasteiger partial charge in [-0.05, 0) is 72.7 Å². The largest absolute Gasteiger partial charge is 0.230 e. The summed E-state index contributed by atoms with van der Waals surface area (Å²) in [6.45, 7) is 0. The molecule has 5 rings (SSSR count). The zero-order chi connectivity index (χ0) is 16.6. The molecule has 2 aromatic rings. The van der Waals surface area contributed by atoms with E-state index in [0.29, 0.717) is 0 Å². The zero-order valence-electron chi connectivity index (χ0n) is 12.7. The molecule has 2 aromatic carbocycles. The van der Waals surface area contributed by atoms with Crippen LogP contribution in [0.4, 0.5) is 0 Å². The van der Waals surface area contributed by atoms with E-state index >= 15 is 0 Å². The number of halogens is 2. The molecule has 2 aliphatic heterocycles. The quantitative estimate of drug-likeness (QED) is 0.467. The van der Waals surface area contributed by atoms with Gasteiger partial charge in [0.1, 0.15) is 0 Å². The van der Waals surface area contributed by atoms with E-state index in [2.05, 4.69) is 9.77 Å². The van der Waals surface area contributed by atoms with Gasteiger partial charge >= 0.3 is 0 Å². The van der Waals surface area contributed by atoms with Crippen molar-refractivity contribution >= 4 is 45.1 Å². The molecule has 3 fully saturated rings. The Balaban J connectivity index is 0.000000172. The first-order valence-corrected chi connectivity index (χ1v) is 11.3. The van der Waals surface area contributed by atoms with E-state index in [0.717, 1.165) is 25.1 Å². The van der Waals surface area contributed by atoms with Gasteiger partial charge in [0.25, 0.3) is 0 Å². The molecule has 24 heavy (non-hydrogen) atoms. The predicted molar refractivity (Wildman–Crippen MR) is 102 cm³/mol. The van der Waals surface area contributed by atoms with Crippen molar-refractivity contribution in [3.05, 3.63) is 58.6 Å². The minimum absolute atomic E-state index is 0.0750. The Morgan fingerprint density at radius 1 is 0.917 bits per heavy atom. The van der Waals surface area contributed by atoms with Crippen LogP contribution in [0.15, 0.2) is 58.3 Å². The summed E-state index contributed by atoms with van der Waals surface area (Å²) in [5, 5.41) is 2.37. The summed E-state index contributed by atoms with van der Waals surface area (Å²) in [5.41, 5.74) is 0. The highest BCUT2D eigenvalue weighted by Crippen LogP contribution is 2.69. The predicted octanol–water partition coefficient (Wildman–Crippen LogP) is 5.49. The summed E-state index contributed by atoms with van der Waals surface area (Å²) in [6, 6.07) is 15.4. The number of hydrogen-bond donors (Lipinski definition) is 3. The molecular weight excluding hydrogens is 387 g/mol. The molecule has 3 aliphatic rings. The second-order valence-corrected chi connectivity index (χ2v) is 10.7. The van der Waals surface area contributed by atoms with Crippen molar-refractivity contribution in [3.63, 3.8) is 0 Å². The maximum atomic E-state index is 5.88. The molecular formula is C16H18Cl2N2O2S2. The van der Waals surface area contributed by atoms with Gasteiger partial charge in [0.15, 0.2) is 0 Å². The van der Waals surface area contributed by atoms with E-state index in [1.807, 2.05) is 48.5 Å². The molecule has 4 nitrogen and oxygen atoms in total. The second kappa shape index (κ2) is 7.05. The monoisotopic (exact) mass is 404 g/mol. The summed E-state index contributed by atoms with van der Waals surface area (Å²) in [7, 11) is -1.49. The maximum Gasteiger partial charge on any atom is 0.0406 e. The SMILES string of the molecule is C1CC([SH]2NO2)C1.Clc1ccc(S2(c3ccc(Cl)cc3)NO2)cc1. The average Bonchev–Trinajstić information content (AvgIpc) is 3.42. The molecule has 0 aromatic heterocycles. The van der Waals surface area contributed by atoms with Crippen molar-refractivity contribution < 1.29 is 8.57 Å². The van der Waals surface area contributed by atoms with Crippen LogP contribution >= 0.6 is 45.1 Å². The standard InChI is InChI=1S/C12H9Cl2NOS.C4H9NOS/c13-9-1-5-11(6-2-9)17(15-16-17)12-7-3-10(14)4-8-12;1-2-4(3-1)7-5-6-7/h1-8,15H;4-5,7H,1-3H2. The lowest BCUT2D eigenvalue weighted by Crippen LogP contribution is -2.13. The third kappa shape index (κ3) is 3.71. The van der Waals surface area contributed by atoms with Crippen molar-refractivity contribution in [2.24, 2.45) is 0 Å². The van der Waals surface area contributed by atoms with E-state index in [-0.39, 0.29) is 11.4 Å². The molecule has 1 atom stereocenters.